The Kier molecular flexibility index (Phi) is 2.91. The molecule has 0 aliphatic rings. The first kappa shape index (κ1) is 11.3. The van der Waals surface area contributed by atoms with Gasteiger partial charge in [-0.15, -0.1) is 0 Å². The van der Waals surface area contributed by atoms with Crippen LogP contribution in [-0.4, -0.2) is 11.1 Å². The average Bonchev–Trinajstić information content (AvgIpc) is 2.29. The van der Waals surface area contributed by atoms with E-state index in [2.05, 4.69) is 0 Å². The molecule has 0 unspecified atom stereocenters. The van der Waals surface area contributed by atoms with E-state index in [4.69, 9.17) is 5.11 Å². The first-order valence-corrected chi connectivity index (χ1v) is 5.18. The van der Waals surface area contributed by atoms with Gasteiger partial charge in [-0.05, 0) is 35.7 Å². The van der Waals surface area contributed by atoms with Crippen LogP contribution in [0.4, 0.5) is 4.39 Å². The van der Waals surface area contributed by atoms with Crippen molar-refractivity contribution in [1.29, 1.82) is 0 Å². The summed E-state index contributed by atoms with van der Waals surface area (Å²) in [5.41, 5.74) is 2.05. The molecular weight excluding hydrogens is 219 g/mol. The van der Waals surface area contributed by atoms with E-state index in [1.807, 2.05) is 30.3 Å². The number of carboxylic acid groups (broad SMARTS) is 1. The Balaban J connectivity index is 2.63. The molecule has 0 spiro atoms. The summed E-state index contributed by atoms with van der Waals surface area (Å²) in [6.45, 7) is 1.76. The van der Waals surface area contributed by atoms with Crippen LogP contribution in [0.25, 0.3) is 11.1 Å². The maximum atomic E-state index is 13.4. The molecule has 0 aliphatic heterocycles. The third kappa shape index (κ3) is 2.18. The number of aryl methyl sites for hydroxylation is 1. The molecule has 2 aromatic rings. The highest BCUT2D eigenvalue weighted by Crippen LogP contribution is 2.26. The molecule has 0 saturated heterocycles. The molecule has 0 bridgehead atoms. The van der Waals surface area contributed by atoms with E-state index in [-0.39, 0.29) is 5.56 Å². The van der Waals surface area contributed by atoms with E-state index in [9.17, 15) is 9.18 Å². The zero-order chi connectivity index (χ0) is 12.4. The van der Waals surface area contributed by atoms with E-state index < -0.39 is 11.8 Å². The van der Waals surface area contributed by atoms with Gasteiger partial charge < -0.3 is 5.11 Å². The molecule has 0 amide bonds. The van der Waals surface area contributed by atoms with E-state index in [1.54, 1.807) is 6.92 Å². The summed E-state index contributed by atoms with van der Waals surface area (Å²) >= 11 is 0. The maximum Gasteiger partial charge on any atom is 0.338 e. The molecule has 17 heavy (non-hydrogen) atoms. The first-order valence-electron chi connectivity index (χ1n) is 5.18. The number of hydrogen-bond acceptors (Lipinski definition) is 1. The predicted molar refractivity (Wildman–Crippen MR) is 63.5 cm³/mol. The number of benzene rings is 2. The Morgan fingerprint density at radius 3 is 2.41 bits per heavy atom. The van der Waals surface area contributed by atoms with Gasteiger partial charge in [0.25, 0.3) is 0 Å². The predicted octanol–water partition coefficient (Wildman–Crippen LogP) is 3.50. The lowest BCUT2D eigenvalue weighted by Gasteiger charge is -2.08. The van der Waals surface area contributed by atoms with Gasteiger partial charge >= 0.3 is 5.97 Å². The second-order valence-corrected chi connectivity index (χ2v) is 3.82. The van der Waals surface area contributed by atoms with Gasteiger partial charge in [0.05, 0.1) is 5.56 Å². The largest absolute Gasteiger partial charge is 0.478 e. The van der Waals surface area contributed by atoms with Crippen molar-refractivity contribution < 1.29 is 14.3 Å². The Morgan fingerprint density at radius 2 is 1.82 bits per heavy atom. The number of hydrogen-bond donors (Lipinski definition) is 1. The number of carbonyl (C=O) groups is 1. The summed E-state index contributed by atoms with van der Waals surface area (Å²) in [5.74, 6) is -1.95. The minimum absolute atomic E-state index is 0.297. The summed E-state index contributed by atoms with van der Waals surface area (Å²) < 4.78 is 13.4. The van der Waals surface area contributed by atoms with Crippen LogP contribution in [0, 0.1) is 12.7 Å². The minimum atomic E-state index is -1.25. The van der Waals surface area contributed by atoms with Crippen molar-refractivity contribution in [2.24, 2.45) is 0 Å². The number of halogens is 1. The molecule has 2 nitrogen and oxygen atoms in total. The second-order valence-electron chi connectivity index (χ2n) is 3.82. The molecule has 86 valence electrons. The lowest BCUT2D eigenvalue weighted by Crippen LogP contribution is -2.02. The first-order chi connectivity index (χ1) is 8.09. The summed E-state index contributed by atoms with van der Waals surface area (Å²) in [6.07, 6.45) is 0. The summed E-state index contributed by atoms with van der Waals surface area (Å²) in [4.78, 5) is 10.9. The van der Waals surface area contributed by atoms with Crippen molar-refractivity contribution in [2.45, 2.75) is 6.92 Å². The van der Waals surface area contributed by atoms with Crippen molar-refractivity contribution in [3.05, 3.63) is 59.4 Å². The van der Waals surface area contributed by atoms with Gasteiger partial charge in [0.1, 0.15) is 5.82 Å². The number of rotatable bonds is 2. The summed E-state index contributed by atoms with van der Waals surface area (Å²) in [6, 6.07) is 12.0. The summed E-state index contributed by atoms with van der Waals surface area (Å²) in [7, 11) is 0. The van der Waals surface area contributed by atoms with Crippen molar-refractivity contribution in [1.82, 2.24) is 0 Å². The van der Waals surface area contributed by atoms with Crippen molar-refractivity contribution in [3.63, 3.8) is 0 Å². The van der Waals surface area contributed by atoms with E-state index in [0.29, 0.717) is 0 Å². The topological polar surface area (TPSA) is 37.3 Å². The molecule has 3 heteroatoms. The number of carboxylic acids is 1. The van der Waals surface area contributed by atoms with Gasteiger partial charge in [0.15, 0.2) is 0 Å². The fourth-order valence-corrected chi connectivity index (χ4v) is 1.77. The van der Waals surface area contributed by atoms with Gasteiger partial charge in [-0.1, -0.05) is 30.3 Å². The molecule has 2 aromatic carbocycles. The normalized spacial score (nSPS) is 10.2. The van der Waals surface area contributed by atoms with Gasteiger partial charge in [0, 0.05) is 0 Å². The van der Waals surface area contributed by atoms with Crippen LogP contribution in [0.1, 0.15) is 15.9 Å². The fraction of sp³-hybridized carbons (Fsp3) is 0.0714. The highest BCUT2D eigenvalue weighted by molar-refractivity contribution is 5.90. The second kappa shape index (κ2) is 4.37. The van der Waals surface area contributed by atoms with Gasteiger partial charge in [-0.25, -0.2) is 9.18 Å². The van der Waals surface area contributed by atoms with Crippen molar-refractivity contribution in [3.8, 4) is 11.1 Å². The molecule has 2 rings (SSSR count). The lowest BCUT2D eigenvalue weighted by molar-refractivity contribution is 0.0692. The van der Waals surface area contributed by atoms with Crippen LogP contribution in [0.3, 0.4) is 0 Å². The van der Waals surface area contributed by atoms with Crippen molar-refractivity contribution >= 4 is 5.97 Å². The Bertz CT molecular complexity index is 562. The molecular formula is C14H11FO2. The van der Waals surface area contributed by atoms with E-state index in [0.717, 1.165) is 16.7 Å². The molecule has 0 radical (unpaired) electrons. The van der Waals surface area contributed by atoms with Gasteiger partial charge in [0.2, 0.25) is 0 Å². The molecule has 0 heterocycles. The zero-order valence-electron chi connectivity index (χ0n) is 9.27. The molecule has 0 atom stereocenters. The molecule has 1 N–H and O–H groups in total. The molecule has 0 aliphatic carbocycles. The third-order valence-corrected chi connectivity index (χ3v) is 2.63. The zero-order valence-corrected chi connectivity index (χ0v) is 9.27. The molecule has 0 fully saturated rings. The Morgan fingerprint density at radius 1 is 1.18 bits per heavy atom. The van der Waals surface area contributed by atoms with Crippen LogP contribution in [0.15, 0.2) is 42.5 Å². The number of aromatic carboxylic acids is 1. The van der Waals surface area contributed by atoms with Gasteiger partial charge in [-0.2, -0.15) is 0 Å². The fourth-order valence-electron chi connectivity index (χ4n) is 1.77. The van der Waals surface area contributed by atoms with E-state index >= 15 is 0 Å². The van der Waals surface area contributed by atoms with Gasteiger partial charge in [-0.3, -0.25) is 0 Å². The summed E-state index contributed by atoms with van der Waals surface area (Å²) in [5, 5.41) is 8.89. The Hall–Kier alpha value is -2.16. The van der Waals surface area contributed by atoms with E-state index in [1.165, 1.54) is 12.1 Å². The van der Waals surface area contributed by atoms with Crippen LogP contribution >= 0.6 is 0 Å². The minimum Gasteiger partial charge on any atom is -0.478 e. The van der Waals surface area contributed by atoms with Crippen LogP contribution in [0.2, 0.25) is 0 Å². The Labute approximate surface area is 98.3 Å². The average molecular weight is 230 g/mol. The highest BCUT2D eigenvalue weighted by atomic mass is 19.1. The van der Waals surface area contributed by atoms with Crippen LogP contribution in [0.5, 0.6) is 0 Å². The maximum absolute atomic E-state index is 13.4. The molecule has 0 saturated carbocycles. The quantitative estimate of drug-likeness (QED) is 0.857. The van der Waals surface area contributed by atoms with Crippen molar-refractivity contribution in [2.75, 3.05) is 0 Å². The van der Waals surface area contributed by atoms with Crippen LogP contribution < -0.4 is 0 Å². The monoisotopic (exact) mass is 230 g/mol. The third-order valence-electron chi connectivity index (χ3n) is 2.63. The lowest BCUT2D eigenvalue weighted by atomic mass is 9.98. The molecule has 0 aromatic heterocycles. The standard InChI is InChI=1S/C14H11FO2/c1-9-7-13(15)12(14(16)17)8-11(9)10-5-3-2-4-6-10/h2-8H,1H3,(H,16,17). The van der Waals surface area contributed by atoms with Crippen LogP contribution in [-0.2, 0) is 0 Å². The highest BCUT2D eigenvalue weighted by Gasteiger charge is 2.13. The smallest absolute Gasteiger partial charge is 0.338 e. The SMILES string of the molecule is Cc1cc(F)c(C(=O)O)cc1-c1ccccc1.